The zero-order chi connectivity index (χ0) is 25.4. The lowest BCUT2D eigenvalue weighted by atomic mass is 10.2. The predicted molar refractivity (Wildman–Crippen MR) is 138 cm³/mol. The fraction of sp³-hybridized carbons (Fsp3) is 0.308. The number of guanidine groups is 1. The Kier molecular flexibility index (Phi) is 8.61. The van der Waals surface area contributed by atoms with Gasteiger partial charge in [0.1, 0.15) is 5.75 Å². The minimum atomic E-state index is -0.325. The lowest BCUT2D eigenvalue weighted by Gasteiger charge is -2.13. The number of anilines is 2. The van der Waals surface area contributed by atoms with Crippen molar-refractivity contribution in [3.05, 3.63) is 71.0 Å². The maximum Gasteiger partial charge on any atom is 0.257 e. The van der Waals surface area contributed by atoms with Crippen LogP contribution in [0, 0.1) is 13.8 Å². The molecule has 0 saturated heterocycles. The molecule has 0 fully saturated rings. The van der Waals surface area contributed by atoms with E-state index in [9.17, 15) is 9.59 Å². The van der Waals surface area contributed by atoms with E-state index in [0.29, 0.717) is 30.4 Å². The summed E-state index contributed by atoms with van der Waals surface area (Å²) in [7, 11) is 0. The summed E-state index contributed by atoms with van der Waals surface area (Å²) in [5.41, 5.74) is 4.79. The van der Waals surface area contributed by atoms with Gasteiger partial charge in [-0.2, -0.15) is 5.10 Å². The van der Waals surface area contributed by atoms with Gasteiger partial charge in [0.2, 0.25) is 11.9 Å². The molecule has 0 radical (unpaired) electrons. The Morgan fingerprint density at radius 3 is 2.17 bits per heavy atom. The molecule has 0 aliphatic heterocycles. The van der Waals surface area contributed by atoms with Crippen molar-refractivity contribution in [2.75, 3.05) is 17.2 Å². The van der Waals surface area contributed by atoms with Crippen LogP contribution < -0.4 is 20.7 Å². The van der Waals surface area contributed by atoms with Gasteiger partial charge in [-0.1, -0.05) is 0 Å². The number of aliphatic imine (C=N–C) groups is 1. The molecule has 35 heavy (non-hydrogen) atoms. The van der Waals surface area contributed by atoms with Crippen LogP contribution in [0.15, 0.2) is 53.5 Å². The molecule has 1 heterocycles. The summed E-state index contributed by atoms with van der Waals surface area (Å²) in [4.78, 5) is 28.9. The number of nitrogens with one attached hydrogen (secondary N) is 3. The molecule has 9 heteroatoms. The lowest BCUT2D eigenvalue weighted by Crippen LogP contribution is -2.36. The molecule has 0 aliphatic carbocycles. The van der Waals surface area contributed by atoms with E-state index in [1.807, 2.05) is 56.6 Å². The van der Waals surface area contributed by atoms with Crippen molar-refractivity contribution >= 4 is 29.1 Å². The summed E-state index contributed by atoms with van der Waals surface area (Å²) in [6.45, 7) is 11.1. The minimum Gasteiger partial charge on any atom is -0.494 e. The third-order valence-corrected chi connectivity index (χ3v) is 5.35. The molecule has 2 amide bonds. The number of carbonyl (C=O) groups is 2. The van der Waals surface area contributed by atoms with Crippen LogP contribution in [0.4, 0.5) is 11.4 Å². The summed E-state index contributed by atoms with van der Waals surface area (Å²) >= 11 is 0. The molecule has 0 atom stereocenters. The molecule has 0 spiro atoms. The van der Waals surface area contributed by atoms with Crippen molar-refractivity contribution in [1.29, 1.82) is 0 Å². The van der Waals surface area contributed by atoms with Gasteiger partial charge < -0.3 is 15.4 Å². The lowest BCUT2D eigenvalue weighted by molar-refractivity contribution is -0.114. The zero-order valence-electron chi connectivity index (χ0n) is 20.8. The second-order valence-electron chi connectivity index (χ2n) is 7.93. The number of amides is 2. The van der Waals surface area contributed by atoms with Crippen molar-refractivity contribution in [2.45, 2.75) is 47.7 Å². The second kappa shape index (κ2) is 11.8. The fourth-order valence-corrected chi connectivity index (χ4v) is 3.56. The molecule has 3 N–H and O–H groups in total. The van der Waals surface area contributed by atoms with E-state index in [-0.39, 0.29) is 11.8 Å². The summed E-state index contributed by atoms with van der Waals surface area (Å²) in [6, 6.07) is 14.1. The van der Waals surface area contributed by atoms with Gasteiger partial charge in [0, 0.05) is 41.7 Å². The maximum absolute atomic E-state index is 13.0. The van der Waals surface area contributed by atoms with E-state index in [1.54, 1.807) is 24.3 Å². The van der Waals surface area contributed by atoms with E-state index in [4.69, 9.17) is 4.74 Å². The highest BCUT2D eigenvalue weighted by Crippen LogP contribution is 2.17. The normalized spacial score (nSPS) is 11.2. The first kappa shape index (κ1) is 25.5. The Morgan fingerprint density at radius 1 is 0.971 bits per heavy atom. The van der Waals surface area contributed by atoms with Crippen LogP contribution in [0.5, 0.6) is 5.75 Å². The van der Waals surface area contributed by atoms with Gasteiger partial charge >= 0.3 is 0 Å². The first-order valence-electron chi connectivity index (χ1n) is 11.6. The molecule has 2 aromatic carbocycles. The molecule has 0 unspecified atom stereocenters. The van der Waals surface area contributed by atoms with E-state index in [0.717, 1.165) is 34.9 Å². The number of hydrogen-bond donors (Lipinski definition) is 3. The fourth-order valence-electron chi connectivity index (χ4n) is 3.56. The van der Waals surface area contributed by atoms with Crippen molar-refractivity contribution in [3.8, 4) is 5.75 Å². The van der Waals surface area contributed by atoms with Crippen molar-refractivity contribution in [2.24, 2.45) is 4.99 Å². The molecule has 3 aromatic rings. The van der Waals surface area contributed by atoms with Gasteiger partial charge in [0.05, 0.1) is 18.8 Å². The van der Waals surface area contributed by atoms with E-state index < -0.39 is 0 Å². The molecule has 0 aliphatic rings. The number of ether oxygens (including phenoxy) is 1. The summed E-state index contributed by atoms with van der Waals surface area (Å²) < 4.78 is 7.44. The highest BCUT2D eigenvalue weighted by molar-refractivity contribution is 6.10. The van der Waals surface area contributed by atoms with Crippen molar-refractivity contribution in [1.82, 2.24) is 15.1 Å². The SMILES string of the molecule is CCOc1ccc(NC(=NCc2c(C)nn(CC)c2C)NC(=O)c2ccc(NC(C)=O)cc2)cc1. The molecular formula is C26H32N6O3. The monoisotopic (exact) mass is 476 g/mol. The zero-order valence-corrected chi connectivity index (χ0v) is 20.8. The molecule has 9 nitrogen and oxygen atoms in total. The van der Waals surface area contributed by atoms with Crippen LogP contribution in [-0.4, -0.2) is 34.2 Å². The van der Waals surface area contributed by atoms with E-state index >= 15 is 0 Å². The Balaban J connectivity index is 1.82. The second-order valence-corrected chi connectivity index (χ2v) is 7.93. The Labute approximate surface area is 205 Å². The standard InChI is InChI=1S/C26H32N6O3/c1-6-32-18(4)24(17(3)31-32)16-27-26(29-22-12-14-23(15-13-22)35-7-2)30-25(34)20-8-10-21(11-9-20)28-19(5)33/h8-15H,6-7,16H2,1-5H3,(H,28,33)(H2,27,29,30,34). The number of hydrogen-bond acceptors (Lipinski definition) is 5. The summed E-state index contributed by atoms with van der Waals surface area (Å²) in [5.74, 6) is 0.577. The number of aryl methyl sites for hydroxylation is 2. The molecule has 0 saturated carbocycles. The third kappa shape index (κ3) is 6.92. The van der Waals surface area contributed by atoms with Crippen LogP contribution in [0.3, 0.4) is 0 Å². The van der Waals surface area contributed by atoms with Crippen LogP contribution in [0.1, 0.15) is 48.1 Å². The van der Waals surface area contributed by atoms with Crippen molar-refractivity contribution in [3.63, 3.8) is 0 Å². The molecule has 1 aromatic heterocycles. The van der Waals surface area contributed by atoms with Gasteiger partial charge in [-0.25, -0.2) is 4.99 Å². The molecule has 0 bridgehead atoms. The average Bonchev–Trinajstić information content (AvgIpc) is 3.11. The van der Waals surface area contributed by atoms with E-state index in [1.165, 1.54) is 6.92 Å². The quantitative estimate of drug-likeness (QED) is 0.332. The summed E-state index contributed by atoms with van der Waals surface area (Å²) in [5, 5.41) is 13.3. The Morgan fingerprint density at radius 2 is 1.60 bits per heavy atom. The number of benzene rings is 2. The van der Waals surface area contributed by atoms with Gasteiger partial charge in [-0.15, -0.1) is 0 Å². The van der Waals surface area contributed by atoms with Crippen LogP contribution >= 0.6 is 0 Å². The maximum atomic E-state index is 13.0. The molecule has 3 rings (SSSR count). The Hall–Kier alpha value is -4.14. The van der Waals surface area contributed by atoms with Crippen LogP contribution in [0.25, 0.3) is 0 Å². The number of carbonyl (C=O) groups excluding carboxylic acids is 2. The largest absolute Gasteiger partial charge is 0.494 e. The van der Waals surface area contributed by atoms with Crippen molar-refractivity contribution < 1.29 is 14.3 Å². The highest BCUT2D eigenvalue weighted by atomic mass is 16.5. The number of nitrogens with zero attached hydrogens (tertiary/aromatic N) is 3. The average molecular weight is 477 g/mol. The smallest absolute Gasteiger partial charge is 0.257 e. The van der Waals surface area contributed by atoms with Crippen LogP contribution in [0.2, 0.25) is 0 Å². The van der Waals surface area contributed by atoms with Gasteiger partial charge in [0.15, 0.2) is 0 Å². The first-order chi connectivity index (χ1) is 16.8. The first-order valence-corrected chi connectivity index (χ1v) is 11.6. The minimum absolute atomic E-state index is 0.173. The highest BCUT2D eigenvalue weighted by Gasteiger charge is 2.13. The van der Waals surface area contributed by atoms with Gasteiger partial charge in [-0.05, 0) is 76.2 Å². The Bertz CT molecular complexity index is 1200. The van der Waals surface area contributed by atoms with Gasteiger partial charge in [0.25, 0.3) is 5.91 Å². The number of rotatable bonds is 8. The summed E-state index contributed by atoms with van der Waals surface area (Å²) in [6.07, 6.45) is 0. The van der Waals surface area contributed by atoms with E-state index in [2.05, 4.69) is 26.0 Å². The van der Waals surface area contributed by atoms with Crippen LogP contribution in [-0.2, 0) is 17.9 Å². The topological polar surface area (TPSA) is 110 Å². The molecular weight excluding hydrogens is 444 g/mol. The predicted octanol–water partition coefficient (Wildman–Crippen LogP) is 4.28. The third-order valence-electron chi connectivity index (χ3n) is 5.35. The molecule has 184 valence electrons. The number of aromatic nitrogens is 2. The van der Waals surface area contributed by atoms with Gasteiger partial charge in [-0.3, -0.25) is 19.6 Å².